The second-order valence-electron chi connectivity index (χ2n) is 5.93. The van der Waals surface area contributed by atoms with Gasteiger partial charge < -0.3 is 5.32 Å². The van der Waals surface area contributed by atoms with Gasteiger partial charge in [0, 0.05) is 6.04 Å². The molecule has 1 saturated carbocycles. The van der Waals surface area contributed by atoms with Gasteiger partial charge in [-0.25, -0.2) is 4.39 Å². The van der Waals surface area contributed by atoms with Crippen molar-refractivity contribution in [3.8, 4) is 0 Å². The van der Waals surface area contributed by atoms with Crippen LogP contribution in [0, 0.1) is 24.6 Å². The molecule has 0 saturated heterocycles. The molecule has 0 aliphatic heterocycles. The van der Waals surface area contributed by atoms with Crippen molar-refractivity contribution in [1.29, 1.82) is 0 Å². The van der Waals surface area contributed by atoms with Gasteiger partial charge >= 0.3 is 6.18 Å². The first-order valence-electron chi connectivity index (χ1n) is 7.33. The third-order valence-corrected chi connectivity index (χ3v) is 4.53. The summed E-state index contributed by atoms with van der Waals surface area (Å²) in [6.45, 7) is 1.80. The summed E-state index contributed by atoms with van der Waals surface area (Å²) in [5.74, 6) is -1.60. The van der Waals surface area contributed by atoms with Crippen molar-refractivity contribution >= 4 is 0 Å². The minimum atomic E-state index is -4.12. The van der Waals surface area contributed by atoms with Gasteiger partial charge in [0.15, 0.2) is 0 Å². The van der Waals surface area contributed by atoms with Crippen molar-refractivity contribution in [1.82, 2.24) is 5.32 Å². The van der Waals surface area contributed by atoms with Crippen molar-refractivity contribution in [2.45, 2.75) is 44.8 Å². The van der Waals surface area contributed by atoms with Crippen LogP contribution in [0.4, 0.5) is 17.6 Å². The maximum atomic E-state index is 13.2. The van der Waals surface area contributed by atoms with Crippen LogP contribution in [-0.2, 0) is 0 Å². The first-order valence-corrected chi connectivity index (χ1v) is 7.33. The van der Waals surface area contributed by atoms with E-state index in [0.717, 1.165) is 17.5 Å². The number of aryl methyl sites for hydroxylation is 1. The van der Waals surface area contributed by atoms with Gasteiger partial charge in [0.2, 0.25) is 0 Å². The Balaban J connectivity index is 2.20. The van der Waals surface area contributed by atoms with Crippen LogP contribution < -0.4 is 5.32 Å². The van der Waals surface area contributed by atoms with E-state index in [1.807, 2.05) is 0 Å². The number of hydrogen-bond donors (Lipinski definition) is 1. The van der Waals surface area contributed by atoms with Gasteiger partial charge in [-0.05, 0) is 62.4 Å². The van der Waals surface area contributed by atoms with E-state index in [2.05, 4.69) is 5.32 Å². The molecule has 5 heteroatoms. The fourth-order valence-corrected chi connectivity index (χ4v) is 3.46. The third kappa shape index (κ3) is 3.76. The molecule has 0 spiro atoms. The number of benzene rings is 1. The molecular weight excluding hydrogens is 282 g/mol. The molecule has 0 heterocycles. The van der Waals surface area contributed by atoms with Crippen LogP contribution in [0.1, 0.15) is 42.9 Å². The van der Waals surface area contributed by atoms with Gasteiger partial charge in [-0.15, -0.1) is 0 Å². The standard InChI is InChI=1S/C16H21F4N/c1-10-8-13(17)6-7-14(10)15(21-2)11-4-3-5-12(9-11)16(18,19)20/h6-8,11-12,15,21H,3-5,9H2,1-2H3. The van der Waals surface area contributed by atoms with Gasteiger partial charge in [0.05, 0.1) is 5.92 Å². The topological polar surface area (TPSA) is 12.0 Å². The summed E-state index contributed by atoms with van der Waals surface area (Å²) in [4.78, 5) is 0. The molecule has 2 rings (SSSR count). The van der Waals surface area contributed by atoms with Crippen molar-refractivity contribution < 1.29 is 17.6 Å². The molecule has 0 aromatic heterocycles. The van der Waals surface area contributed by atoms with Crippen molar-refractivity contribution in [3.63, 3.8) is 0 Å². The van der Waals surface area contributed by atoms with Crippen LogP contribution in [0.3, 0.4) is 0 Å². The molecular formula is C16H21F4N. The largest absolute Gasteiger partial charge is 0.391 e. The summed E-state index contributed by atoms with van der Waals surface area (Å²) >= 11 is 0. The Morgan fingerprint density at radius 3 is 2.52 bits per heavy atom. The third-order valence-electron chi connectivity index (χ3n) is 4.53. The maximum absolute atomic E-state index is 13.2. The zero-order valence-electron chi connectivity index (χ0n) is 12.3. The predicted octanol–water partition coefficient (Wildman–Crippen LogP) is 4.76. The lowest BCUT2D eigenvalue weighted by molar-refractivity contribution is -0.186. The Morgan fingerprint density at radius 1 is 1.24 bits per heavy atom. The molecule has 3 unspecified atom stereocenters. The van der Waals surface area contributed by atoms with Crippen molar-refractivity contribution in [3.05, 3.63) is 35.1 Å². The lowest BCUT2D eigenvalue weighted by Gasteiger charge is -2.36. The Labute approximate surface area is 122 Å². The Bertz CT molecular complexity index is 484. The van der Waals surface area contributed by atoms with E-state index < -0.39 is 12.1 Å². The van der Waals surface area contributed by atoms with E-state index in [1.54, 1.807) is 20.0 Å². The van der Waals surface area contributed by atoms with Gasteiger partial charge in [0.25, 0.3) is 0 Å². The lowest BCUT2D eigenvalue weighted by atomic mass is 9.75. The molecule has 0 radical (unpaired) electrons. The second kappa shape index (κ2) is 6.34. The highest BCUT2D eigenvalue weighted by atomic mass is 19.4. The van der Waals surface area contributed by atoms with Gasteiger partial charge in [0.1, 0.15) is 5.82 Å². The maximum Gasteiger partial charge on any atom is 0.391 e. The first-order chi connectivity index (χ1) is 9.82. The molecule has 3 atom stereocenters. The highest BCUT2D eigenvalue weighted by Crippen LogP contribution is 2.44. The van der Waals surface area contributed by atoms with Crippen LogP contribution in [0.2, 0.25) is 0 Å². The summed E-state index contributed by atoms with van der Waals surface area (Å²) in [5.41, 5.74) is 1.68. The molecule has 1 aliphatic carbocycles. The minimum Gasteiger partial charge on any atom is -0.313 e. The van der Waals surface area contributed by atoms with E-state index in [4.69, 9.17) is 0 Å². The lowest BCUT2D eigenvalue weighted by Crippen LogP contribution is -2.34. The van der Waals surface area contributed by atoms with Crippen LogP contribution >= 0.6 is 0 Å². The minimum absolute atomic E-state index is 0.0699. The molecule has 1 aromatic carbocycles. The van der Waals surface area contributed by atoms with Gasteiger partial charge in [-0.3, -0.25) is 0 Å². The second-order valence-corrected chi connectivity index (χ2v) is 5.93. The Morgan fingerprint density at radius 2 is 1.95 bits per heavy atom. The molecule has 1 aromatic rings. The zero-order valence-corrected chi connectivity index (χ0v) is 12.3. The fourth-order valence-electron chi connectivity index (χ4n) is 3.46. The van der Waals surface area contributed by atoms with E-state index in [9.17, 15) is 17.6 Å². The summed E-state index contributed by atoms with van der Waals surface area (Å²) in [6, 6.07) is 4.33. The number of halogens is 4. The molecule has 1 nitrogen and oxygen atoms in total. The summed E-state index contributed by atoms with van der Waals surface area (Å²) in [6.07, 6.45) is -2.39. The summed E-state index contributed by atoms with van der Waals surface area (Å²) in [5, 5.41) is 3.13. The monoisotopic (exact) mass is 303 g/mol. The SMILES string of the molecule is CNC(c1ccc(F)cc1C)C1CCCC(C(F)(F)F)C1. The number of nitrogens with one attached hydrogen (secondary N) is 1. The summed E-state index contributed by atoms with van der Waals surface area (Å²) < 4.78 is 52.0. The molecule has 0 bridgehead atoms. The van der Waals surface area contributed by atoms with Crippen molar-refractivity contribution in [2.75, 3.05) is 7.05 Å². The highest BCUT2D eigenvalue weighted by Gasteiger charge is 2.43. The molecule has 0 amide bonds. The Hall–Kier alpha value is -1.10. The highest BCUT2D eigenvalue weighted by molar-refractivity contribution is 5.30. The molecule has 21 heavy (non-hydrogen) atoms. The number of rotatable bonds is 3. The number of hydrogen-bond acceptors (Lipinski definition) is 1. The predicted molar refractivity (Wildman–Crippen MR) is 74.4 cm³/mol. The molecule has 118 valence electrons. The molecule has 1 N–H and O–H groups in total. The van der Waals surface area contributed by atoms with Crippen LogP contribution in [-0.4, -0.2) is 13.2 Å². The summed E-state index contributed by atoms with van der Waals surface area (Å²) in [7, 11) is 1.75. The van der Waals surface area contributed by atoms with Gasteiger partial charge in [-0.2, -0.15) is 13.2 Å². The zero-order chi connectivity index (χ0) is 15.6. The average Bonchev–Trinajstić information content (AvgIpc) is 2.41. The van der Waals surface area contributed by atoms with E-state index in [-0.39, 0.29) is 30.6 Å². The quantitative estimate of drug-likeness (QED) is 0.794. The first kappa shape index (κ1) is 16.3. The van der Waals surface area contributed by atoms with Crippen LogP contribution in [0.15, 0.2) is 18.2 Å². The Kier molecular flexibility index (Phi) is 4.91. The van der Waals surface area contributed by atoms with Gasteiger partial charge in [-0.1, -0.05) is 12.5 Å². The average molecular weight is 303 g/mol. The van der Waals surface area contributed by atoms with Crippen LogP contribution in [0.5, 0.6) is 0 Å². The van der Waals surface area contributed by atoms with E-state index >= 15 is 0 Å². The van der Waals surface area contributed by atoms with E-state index in [1.165, 1.54) is 12.1 Å². The smallest absolute Gasteiger partial charge is 0.313 e. The van der Waals surface area contributed by atoms with Crippen LogP contribution in [0.25, 0.3) is 0 Å². The van der Waals surface area contributed by atoms with E-state index in [0.29, 0.717) is 6.42 Å². The number of alkyl halides is 3. The fraction of sp³-hybridized carbons (Fsp3) is 0.625. The van der Waals surface area contributed by atoms with Crippen molar-refractivity contribution in [2.24, 2.45) is 11.8 Å². The molecule has 1 aliphatic rings. The normalized spacial score (nSPS) is 24.9. The molecule has 1 fully saturated rings.